The van der Waals surface area contributed by atoms with Crippen molar-refractivity contribution in [3.8, 4) is 0 Å². The molecule has 22 heavy (non-hydrogen) atoms. The van der Waals surface area contributed by atoms with Gasteiger partial charge in [0, 0.05) is 17.9 Å². The molecule has 0 atom stereocenters. The number of ether oxygens (including phenoxy) is 1. The van der Waals surface area contributed by atoms with Crippen LogP contribution in [0.4, 0.5) is 21.0 Å². The van der Waals surface area contributed by atoms with E-state index < -0.39 is 18.0 Å². The first kappa shape index (κ1) is 17.0. The Morgan fingerprint density at radius 2 is 1.86 bits per heavy atom. The molecule has 8 nitrogen and oxygen atoms in total. The van der Waals surface area contributed by atoms with Crippen molar-refractivity contribution in [3.05, 3.63) is 36.6 Å². The van der Waals surface area contributed by atoms with Gasteiger partial charge in [-0.05, 0) is 25.1 Å². The first-order valence-corrected chi connectivity index (χ1v) is 6.44. The van der Waals surface area contributed by atoms with E-state index in [9.17, 15) is 14.4 Å². The van der Waals surface area contributed by atoms with Gasteiger partial charge in [0.2, 0.25) is 0 Å². The third kappa shape index (κ3) is 6.94. The molecule has 0 spiro atoms. The molecule has 0 aromatic heterocycles. The molecule has 1 aromatic rings. The first-order valence-electron chi connectivity index (χ1n) is 6.44. The van der Waals surface area contributed by atoms with E-state index in [1.807, 2.05) is 0 Å². The maximum atomic E-state index is 11.6. The van der Waals surface area contributed by atoms with Crippen molar-refractivity contribution >= 4 is 29.4 Å². The maximum Gasteiger partial charge on any atom is 0.319 e. The van der Waals surface area contributed by atoms with E-state index in [1.54, 1.807) is 31.2 Å². The molecular formula is C14H18N4O4. The van der Waals surface area contributed by atoms with Crippen LogP contribution in [0.25, 0.3) is 0 Å². The lowest BCUT2D eigenvalue weighted by atomic mass is 10.3. The van der Waals surface area contributed by atoms with Crippen molar-refractivity contribution in [2.45, 2.75) is 13.3 Å². The van der Waals surface area contributed by atoms with Gasteiger partial charge in [0.25, 0.3) is 0 Å². The Labute approximate surface area is 127 Å². The number of benzene rings is 1. The van der Waals surface area contributed by atoms with Gasteiger partial charge >= 0.3 is 18.0 Å². The van der Waals surface area contributed by atoms with E-state index in [0.717, 1.165) is 0 Å². The van der Waals surface area contributed by atoms with Crippen molar-refractivity contribution in [2.24, 2.45) is 5.73 Å². The van der Waals surface area contributed by atoms with E-state index in [1.165, 1.54) is 0 Å². The fourth-order valence-corrected chi connectivity index (χ4v) is 1.52. The number of esters is 1. The summed E-state index contributed by atoms with van der Waals surface area (Å²) in [6, 6.07) is 5.27. The third-order valence-electron chi connectivity index (χ3n) is 2.29. The topological polar surface area (TPSA) is 123 Å². The molecule has 0 unspecified atom stereocenters. The highest BCUT2D eigenvalue weighted by Crippen LogP contribution is 2.14. The zero-order chi connectivity index (χ0) is 16.5. The molecule has 0 heterocycles. The van der Waals surface area contributed by atoms with E-state index in [0.29, 0.717) is 17.1 Å². The van der Waals surface area contributed by atoms with Crippen molar-refractivity contribution in [1.29, 1.82) is 0 Å². The van der Waals surface area contributed by atoms with Crippen molar-refractivity contribution in [1.82, 2.24) is 5.32 Å². The predicted octanol–water partition coefficient (Wildman–Crippen LogP) is 1.77. The van der Waals surface area contributed by atoms with E-state index >= 15 is 0 Å². The molecule has 0 aliphatic rings. The second kappa shape index (κ2) is 8.30. The monoisotopic (exact) mass is 306 g/mol. The summed E-state index contributed by atoms with van der Waals surface area (Å²) < 4.78 is 4.75. The minimum Gasteiger partial charge on any atom is -0.432 e. The number of nitrogens with one attached hydrogen (secondary N) is 3. The largest absolute Gasteiger partial charge is 0.432 e. The summed E-state index contributed by atoms with van der Waals surface area (Å²) in [4.78, 5) is 33.6. The van der Waals surface area contributed by atoms with Crippen LogP contribution in [0, 0.1) is 0 Å². The van der Waals surface area contributed by atoms with Crippen molar-refractivity contribution < 1.29 is 19.1 Å². The van der Waals surface area contributed by atoms with Crippen LogP contribution in [0.15, 0.2) is 36.6 Å². The van der Waals surface area contributed by atoms with Gasteiger partial charge in [0.1, 0.15) is 0 Å². The number of primary amides is 1. The predicted molar refractivity (Wildman–Crippen MR) is 82.2 cm³/mol. The third-order valence-corrected chi connectivity index (χ3v) is 2.29. The van der Waals surface area contributed by atoms with Crippen LogP contribution in [0.5, 0.6) is 0 Å². The highest BCUT2D eigenvalue weighted by atomic mass is 16.5. The molecule has 0 aliphatic carbocycles. The highest BCUT2D eigenvalue weighted by Gasteiger charge is 2.06. The van der Waals surface area contributed by atoms with Gasteiger partial charge in [-0.15, -0.1) is 0 Å². The Bertz CT molecular complexity index is 586. The zero-order valence-corrected chi connectivity index (χ0v) is 12.1. The number of amides is 4. The average Bonchev–Trinajstić information content (AvgIpc) is 2.37. The van der Waals surface area contributed by atoms with Gasteiger partial charge in [-0.25, -0.2) is 9.59 Å². The normalized spacial score (nSPS) is 9.50. The van der Waals surface area contributed by atoms with Crippen LogP contribution in [0.3, 0.4) is 0 Å². The Morgan fingerprint density at radius 1 is 1.23 bits per heavy atom. The fraction of sp³-hybridized carbons (Fsp3) is 0.214. The zero-order valence-electron chi connectivity index (χ0n) is 12.1. The van der Waals surface area contributed by atoms with Gasteiger partial charge in [-0.2, -0.15) is 0 Å². The smallest absolute Gasteiger partial charge is 0.319 e. The number of carbonyl (C=O) groups excluding carboxylic acids is 3. The lowest BCUT2D eigenvalue weighted by Crippen LogP contribution is -2.30. The minimum atomic E-state index is -0.697. The molecule has 0 saturated heterocycles. The SMILES string of the molecule is C=C(C)OC(=O)CCNC(=O)Nc1cccc(NC(N)=O)c1. The average molecular weight is 306 g/mol. The molecule has 1 rings (SSSR count). The minimum absolute atomic E-state index is 0.0313. The molecule has 0 aliphatic heterocycles. The number of carbonyl (C=O) groups is 3. The molecule has 118 valence electrons. The summed E-state index contributed by atoms with van der Waals surface area (Å²) in [7, 11) is 0. The number of rotatable bonds is 6. The first-order chi connectivity index (χ1) is 10.4. The van der Waals surface area contributed by atoms with Crippen LogP contribution in [0.2, 0.25) is 0 Å². The number of hydrogen-bond donors (Lipinski definition) is 4. The van der Waals surface area contributed by atoms with Crippen molar-refractivity contribution in [3.63, 3.8) is 0 Å². The molecule has 0 saturated carbocycles. The molecule has 0 bridgehead atoms. The lowest BCUT2D eigenvalue weighted by molar-refractivity contribution is -0.139. The summed E-state index contributed by atoms with van der Waals surface area (Å²) in [6.07, 6.45) is 0.0313. The standard InChI is InChI=1S/C14H18N4O4/c1-9(2)22-12(19)6-7-16-14(21)18-11-5-3-4-10(8-11)17-13(15)20/h3-5,8H,1,6-7H2,2H3,(H3,15,17,20)(H2,16,18,21). The van der Waals surface area contributed by atoms with Crippen LogP contribution in [0.1, 0.15) is 13.3 Å². The number of nitrogens with two attached hydrogens (primary N) is 1. The highest BCUT2D eigenvalue weighted by molar-refractivity contribution is 5.92. The molecule has 4 amide bonds. The van der Waals surface area contributed by atoms with Gasteiger partial charge < -0.3 is 26.4 Å². The quantitative estimate of drug-likeness (QED) is 0.472. The Hall–Kier alpha value is -3.03. The Balaban J connectivity index is 2.40. The van der Waals surface area contributed by atoms with E-state index in [-0.39, 0.29) is 13.0 Å². The summed E-state index contributed by atoms with van der Waals surface area (Å²) >= 11 is 0. The molecule has 5 N–H and O–H groups in total. The van der Waals surface area contributed by atoms with Gasteiger partial charge in [-0.1, -0.05) is 12.6 Å². The second-order valence-corrected chi connectivity index (χ2v) is 4.38. The van der Waals surface area contributed by atoms with Gasteiger partial charge in [0.15, 0.2) is 0 Å². The van der Waals surface area contributed by atoms with Gasteiger partial charge in [-0.3, -0.25) is 4.79 Å². The number of anilines is 2. The molecule has 0 fully saturated rings. The molecule has 8 heteroatoms. The van der Waals surface area contributed by atoms with Crippen LogP contribution < -0.4 is 21.7 Å². The van der Waals surface area contributed by atoms with E-state index in [4.69, 9.17) is 10.5 Å². The van der Waals surface area contributed by atoms with Crippen molar-refractivity contribution in [2.75, 3.05) is 17.2 Å². The summed E-state index contributed by atoms with van der Waals surface area (Å²) in [5.74, 6) is -0.173. The Kier molecular flexibility index (Phi) is 6.42. The summed E-state index contributed by atoms with van der Waals surface area (Å²) in [6.45, 7) is 5.12. The fourth-order valence-electron chi connectivity index (χ4n) is 1.52. The number of hydrogen-bond acceptors (Lipinski definition) is 4. The lowest BCUT2D eigenvalue weighted by Gasteiger charge is -2.09. The number of urea groups is 2. The van der Waals surface area contributed by atoms with Crippen LogP contribution in [-0.2, 0) is 9.53 Å². The van der Waals surface area contributed by atoms with Crippen LogP contribution in [-0.4, -0.2) is 24.6 Å². The summed E-state index contributed by atoms with van der Waals surface area (Å²) in [5, 5.41) is 7.45. The molecular weight excluding hydrogens is 288 g/mol. The Morgan fingerprint density at radius 3 is 2.45 bits per heavy atom. The van der Waals surface area contributed by atoms with Gasteiger partial charge in [0.05, 0.1) is 12.2 Å². The molecule has 1 aromatic carbocycles. The molecule has 0 radical (unpaired) electrons. The summed E-state index contributed by atoms with van der Waals surface area (Å²) in [5.41, 5.74) is 5.92. The van der Waals surface area contributed by atoms with E-state index in [2.05, 4.69) is 22.5 Å². The maximum absolute atomic E-state index is 11.6. The second-order valence-electron chi connectivity index (χ2n) is 4.38. The number of allylic oxidation sites excluding steroid dienone is 1. The van der Waals surface area contributed by atoms with Crippen LogP contribution >= 0.6 is 0 Å².